The number of esters is 1. The quantitative estimate of drug-likeness (QED) is 0.254. The zero-order valence-electron chi connectivity index (χ0n) is 21.8. The number of ether oxygens (including phenoxy) is 1. The van der Waals surface area contributed by atoms with Crippen LogP contribution in [0.3, 0.4) is 0 Å². The molecule has 3 aromatic carbocycles. The number of amides is 1. The number of piperidine rings is 1. The number of hydrogen-bond donors (Lipinski definition) is 3. The Bertz CT molecular complexity index is 1630. The first-order valence-corrected chi connectivity index (χ1v) is 15.4. The van der Waals surface area contributed by atoms with Gasteiger partial charge in [-0.2, -0.15) is 4.31 Å². The number of nitrogen functional groups attached to an aromatic ring is 1. The highest BCUT2D eigenvalue weighted by Crippen LogP contribution is 2.26. The predicted molar refractivity (Wildman–Crippen MR) is 151 cm³/mol. The number of nitrogens with two attached hydrogens (primary N) is 1. The maximum absolute atomic E-state index is 13.1. The minimum Gasteiger partial charge on any atom is -0.452 e. The molecular formula is C27H30N4O7S2. The standard InChI is InChI=1S/C27H30N4O7S2/c1-19-12-13-21(17-25(19)40(36,37)31-14-5-2-6-15-31)29-26(32)18-38-27(33)23-10-3-4-11-24(23)30-39(34,35)22-9-7-8-20(28)16-22/h3-4,7-13,16-17,30H,2,5-6,14-15,18,28H2,1H3,(H,29,32). The zero-order valence-corrected chi connectivity index (χ0v) is 23.4. The maximum Gasteiger partial charge on any atom is 0.340 e. The molecule has 13 heteroatoms. The second kappa shape index (κ2) is 12.1. The number of carbonyl (C=O) groups excluding carboxylic acids is 2. The number of para-hydroxylation sites is 1. The van der Waals surface area contributed by atoms with Crippen LogP contribution in [0.2, 0.25) is 0 Å². The number of rotatable bonds is 9. The number of hydrogen-bond acceptors (Lipinski definition) is 8. The summed E-state index contributed by atoms with van der Waals surface area (Å²) < 4.78 is 60.8. The summed E-state index contributed by atoms with van der Waals surface area (Å²) in [7, 11) is -7.78. The van der Waals surface area contributed by atoms with Crippen molar-refractivity contribution < 1.29 is 31.2 Å². The molecular weight excluding hydrogens is 556 g/mol. The molecule has 1 heterocycles. The van der Waals surface area contributed by atoms with E-state index in [4.69, 9.17) is 10.5 Å². The first-order chi connectivity index (χ1) is 19.0. The number of aryl methyl sites for hydroxylation is 1. The van der Waals surface area contributed by atoms with Crippen molar-refractivity contribution in [3.05, 3.63) is 77.9 Å². The van der Waals surface area contributed by atoms with E-state index in [1.54, 1.807) is 25.1 Å². The van der Waals surface area contributed by atoms with Gasteiger partial charge in [0.1, 0.15) is 0 Å². The molecule has 0 saturated carbocycles. The third kappa shape index (κ3) is 6.79. The van der Waals surface area contributed by atoms with E-state index in [0.717, 1.165) is 19.3 Å². The van der Waals surface area contributed by atoms with Gasteiger partial charge in [-0.25, -0.2) is 21.6 Å². The minimum atomic E-state index is -4.06. The molecule has 0 bridgehead atoms. The fourth-order valence-electron chi connectivity index (χ4n) is 4.24. The van der Waals surface area contributed by atoms with Crippen LogP contribution in [0.25, 0.3) is 0 Å². The summed E-state index contributed by atoms with van der Waals surface area (Å²) in [5, 5.41) is 2.55. The Morgan fingerprint density at radius 2 is 1.65 bits per heavy atom. The van der Waals surface area contributed by atoms with Crippen molar-refractivity contribution in [1.82, 2.24) is 4.31 Å². The van der Waals surface area contributed by atoms with Gasteiger partial charge < -0.3 is 15.8 Å². The second-order valence-corrected chi connectivity index (χ2v) is 12.9. The summed E-state index contributed by atoms with van der Waals surface area (Å²) in [6.07, 6.45) is 2.58. The Hall–Kier alpha value is -3.94. The van der Waals surface area contributed by atoms with E-state index in [0.29, 0.717) is 18.7 Å². The number of anilines is 3. The highest BCUT2D eigenvalue weighted by molar-refractivity contribution is 7.92. The first kappa shape index (κ1) is 29.1. The lowest BCUT2D eigenvalue weighted by molar-refractivity contribution is -0.119. The Morgan fingerprint density at radius 1 is 0.925 bits per heavy atom. The molecule has 1 amide bonds. The predicted octanol–water partition coefficient (Wildman–Crippen LogP) is 3.35. The molecule has 3 aromatic rings. The maximum atomic E-state index is 13.1. The highest BCUT2D eigenvalue weighted by Gasteiger charge is 2.28. The van der Waals surface area contributed by atoms with Crippen LogP contribution in [-0.2, 0) is 29.6 Å². The topological polar surface area (TPSA) is 165 Å². The normalized spacial score (nSPS) is 14.3. The van der Waals surface area contributed by atoms with E-state index in [9.17, 15) is 26.4 Å². The largest absolute Gasteiger partial charge is 0.452 e. The molecule has 4 rings (SSSR count). The van der Waals surface area contributed by atoms with Crippen molar-refractivity contribution >= 4 is 49.0 Å². The van der Waals surface area contributed by atoms with E-state index in [2.05, 4.69) is 10.0 Å². The smallest absolute Gasteiger partial charge is 0.340 e. The van der Waals surface area contributed by atoms with Gasteiger partial charge in [0, 0.05) is 24.5 Å². The van der Waals surface area contributed by atoms with E-state index >= 15 is 0 Å². The van der Waals surface area contributed by atoms with E-state index in [1.165, 1.54) is 52.8 Å². The molecule has 11 nitrogen and oxygen atoms in total. The Balaban J connectivity index is 1.42. The molecule has 0 unspecified atom stereocenters. The van der Waals surface area contributed by atoms with Gasteiger partial charge in [-0.15, -0.1) is 0 Å². The van der Waals surface area contributed by atoms with Crippen LogP contribution >= 0.6 is 0 Å². The Kier molecular flexibility index (Phi) is 8.76. The van der Waals surface area contributed by atoms with E-state index in [-0.39, 0.29) is 32.4 Å². The molecule has 0 aliphatic carbocycles. The van der Waals surface area contributed by atoms with Crippen LogP contribution in [0, 0.1) is 6.92 Å². The summed E-state index contributed by atoms with van der Waals surface area (Å²) >= 11 is 0. The summed E-state index contributed by atoms with van der Waals surface area (Å²) in [6.45, 7) is 1.90. The lowest BCUT2D eigenvalue weighted by Crippen LogP contribution is -2.36. The van der Waals surface area contributed by atoms with E-state index in [1.807, 2.05) is 0 Å². The van der Waals surface area contributed by atoms with Gasteiger partial charge in [-0.1, -0.05) is 30.7 Å². The van der Waals surface area contributed by atoms with Crippen LogP contribution < -0.4 is 15.8 Å². The molecule has 1 aliphatic rings. The van der Waals surface area contributed by atoms with Crippen molar-refractivity contribution in [2.75, 3.05) is 35.5 Å². The lowest BCUT2D eigenvalue weighted by Gasteiger charge is -2.26. The average Bonchev–Trinajstić information content (AvgIpc) is 2.93. The molecule has 0 atom stereocenters. The van der Waals surface area contributed by atoms with E-state index < -0.39 is 38.5 Å². The number of benzene rings is 3. The number of nitrogens with one attached hydrogen (secondary N) is 2. The molecule has 1 aliphatic heterocycles. The SMILES string of the molecule is Cc1ccc(NC(=O)COC(=O)c2ccccc2NS(=O)(=O)c2cccc(N)c2)cc1S(=O)(=O)N1CCCCC1. The summed E-state index contributed by atoms with van der Waals surface area (Å²) in [5.74, 6) is -1.63. The second-order valence-electron chi connectivity index (χ2n) is 9.29. The number of nitrogens with zero attached hydrogens (tertiary/aromatic N) is 1. The summed E-state index contributed by atoms with van der Waals surface area (Å²) in [4.78, 5) is 25.3. The fraction of sp³-hybridized carbons (Fsp3) is 0.259. The van der Waals surface area contributed by atoms with Crippen molar-refractivity contribution in [2.24, 2.45) is 0 Å². The Morgan fingerprint density at radius 3 is 2.38 bits per heavy atom. The lowest BCUT2D eigenvalue weighted by atomic mass is 10.2. The number of carbonyl (C=O) groups is 2. The minimum absolute atomic E-state index is 0.0403. The fourth-order valence-corrected chi connectivity index (χ4v) is 7.14. The van der Waals surface area contributed by atoms with Crippen LogP contribution in [0.5, 0.6) is 0 Å². The average molecular weight is 587 g/mol. The van der Waals surface area contributed by atoms with Gasteiger partial charge in [0.15, 0.2) is 6.61 Å². The molecule has 1 fully saturated rings. The van der Waals surface area contributed by atoms with Crippen LogP contribution in [0.1, 0.15) is 35.2 Å². The molecule has 1 saturated heterocycles. The number of sulfonamides is 2. The molecule has 4 N–H and O–H groups in total. The van der Waals surface area contributed by atoms with Crippen LogP contribution in [-0.4, -0.2) is 52.7 Å². The third-order valence-electron chi connectivity index (χ3n) is 6.30. The van der Waals surface area contributed by atoms with Gasteiger partial charge in [0.05, 0.1) is 21.0 Å². The van der Waals surface area contributed by atoms with Crippen LogP contribution in [0.4, 0.5) is 17.1 Å². The molecule has 0 radical (unpaired) electrons. The van der Waals surface area contributed by atoms with Crippen molar-refractivity contribution in [3.8, 4) is 0 Å². The van der Waals surface area contributed by atoms with Crippen molar-refractivity contribution in [3.63, 3.8) is 0 Å². The monoisotopic (exact) mass is 586 g/mol. The zero-order chi connectivity index (χ0) is 28.9. The molecule has 212 valence electrons. The third-order valence-corrected chi connectivity index (χ3v) is 9.70. The van der Waals surface area contributed by atoms with Crippen molar-refractivity contribution in [1.29, 1.82) is 0 Å². The van der Waals surface area contributed by atoms with Crippen molar-refractivity contribution in [2.45, 2.75) is 36.0 Å². The summed E-state index contributed by atoms with van der Waals surface area (Å²) in [6, 6.07) is 16.0. The van der Waals surface area contributed by atoms with Gasteiger partial charge in [0.25, 0.3) is 15.9 Å². The van der Waals surface area contributed by atoms with Gasteiger partial charge in [0.2, 0.25) is 10.0 Å². The van der Waals surface area contributed by atoms with Gasteiger partial charge >= 0.3 is 5.97 Å². The van der Waals surface area contributed by atoms with Gasteiger partial charge in [-0.05, 0) is 67.8 Å². The Labute approximate surface area is 233 Å². The summed E-state index contributed by atoms with van der Waals surface area (Å²) in [5.41, 5.74) is 6.58. The van der Waals surface area contributed by atoms with Crippen LogP contribution in [0.15, 0.2) is 76.5 Å². The molecule has 40 heavy (non-hydrogen) atoms. The molecule has 0 spiro atoms. The molecule has 0 aromatic heterocycles. The highest BCUT2D eigenvalue weighted by atomic mass is 32.2. The first-order valence-electron chi connectivity index (χ1n) is 12.5. The van der Waals surface area contributed by atoms with Gasteiger partial charge in [-0.3, -0.25) is 9.52 Å².